The van der Waals surface area contributed by atoms with Crippen LogP contribution >= 0.6 is 0 Å². The number of amides is 2. The van der Waals surface area contributed by atoms with Crippen LogP contribution < -0.4 is 10.6 Å². The third kappa shape index (κ3) is 5.45. The molecule has 0 aromatic heterocycles. The first kappa shape index (κ1) is 17.0. The Morgan fingerprint density at radius 3 is 2.24 bits per heavy atom. The average Bonchev–Trinajstić information content (AvgIpc) is 2.47. The van der Waals surface area contributed by atoms with Crippen LogP contribution in [0.5, 0.6) is 0 Å². The minimum absolute atomic E-state index is 0.262. The van der Waals surface area contributed by atoms with Gasteiger partial charge in [0.2, 0.25) is 0 Å². The molecule has 1 atom stereocenters. The first-order valence-corrected chi connectivity index (χ1v) is 7.25. The summed E-state index contributed by atoms with van der Waals surface area (Å²) in [4.78, 5) is 23.3. The molecule has 1 rings (SSSR count). The summed E-state index contributed by atoms with van der Waals surface area (Å²) in [5.41, 5.74) is 0.554. The van der Waals surface area contributed by atoms with Crippen LogP contribution in [0, 0.1) is 0 Å². The fourth-order valence-corrected chi connectivity index (χ4v) is 1.95. The summed E-state index contributed by atoms with van der Waals surface area (Å²) in [7, 11) is 0. The van der Waals surface area contributed by atoms with Crippen molar-refractivity contribution in [1.29, 1.82) is 0 Å². The van der Waals surface area contributed by atoms with Gasteiger partial charge in [0.15, 0.2) is 0 Å². The molecule has 0 aliphatic rings. The summed E-state index contributed by atoms with van der Waals surface area (Å²) in [6.07, 6.45) is 1.83. The van der Waals surface area contributed by atoms with Crippen molar-refractivity contribution in [2.45, 2.75) is 51.6 Å². The van der Waals surface area contributed by atoms with Crippen LogP contribution in [0.25, 0.3) is 0 Å². The maximum Gasteiger partial charge on any atom is 0.326 e. The van der Waals surface area contributed by atoms with Gasteiger partial charge in [-0.15, -0.1) is 0 Å². The zero-order valence-corrected chi connectivity index (χ0v) is 12.8. The average molecular weight is 292 g/mol. The number of carboxylic acids is 1. The second-order valence-electron chi connectivity index (χ2n) is 5.45. The molecule has 0 spiro atoms. The fraction of sp³-hybridized carbons (Fsp3) is 0.500. The lowest BCUT2D eigenvalue weighted by Crippen LogP contribution is -2.54. The van der Waals surface area contributed by atoms with Gasteiger partial charge in [-0.3, -0.25) is 0 Å². The van der Waals surface area contributed by atoms with Crippen LogP contribution in [0.1, 0.15) is 39.2 Å². The highest BCUT2D eigenvalue weighted by Crippen LogP contribution is 2.13. The van der Waals surface area contributed by atoms with Crippen molar-refractivity contribution >= 4 is 12.0 Å². The van der Waals surface area contributed by atoms with Gasteiger partial charge in [0.1, 0.15) is 6.04 Å². The van der Waals surface area contributed by atoms with E-state index in [4.69, 9.17) is 0 Å². The molecule has 0 saturated heterocycles. The quantitative estimate of drug-likeness (QED) is 0.722. The smallest absolute Gasteiger partial charge is 0.326 e. The lowest BCUT2D eigenvalue weighted by atomic mass is 9.96. The van der Waals surface area contributed by atoms with Gasteiger partial charge in [-0.05, 0) is 25.3 Å². The summed E-state index contributed by atoms with van der Waals surface area (Å²) in [5, 5.41) is 14.6. The summed E-state index contributed by atoms with van der Waals surface area (Å²) in [5.74, 6) is -1.04. The minimum Gasteiger partial charge on any atom is -0.480 e. The number of hydrogen-bond donors (Lipinski definition) is 3. The Kier molecular flexibility index (Phi) is 6.21. The number of nitrogens with one attached hydrogen (secondary N) is 2. The molecule has 2 amide bonds. The van der Waals surface area contributed by atoms with Crippen molar-refractivity contribution in [2.75, 3.05) is 0 Å². The second kappa shape index (κ2) is 7.67. The fourth-order valence-electron chi connectivity index (χ4n) is 1.95. The Balaban J connectivity index is 2.67. The van der Waals surface area contributed by atoms with Gasteiger partial charge in [0.05, 0.1) is 0 Å². The lowest BCUT2D eigenvalue weighted by Gasteiger charge is -2.29. The Bertz CT molecular complexity index is 470. The number of hydrogen-bond acceptors (Lipinski definition) is 2. The third-order valence-electron chi connectivity index (χ3n) is 3.86. The van der Waals surface area contributed by atoms with Crippen LogP contribution in [0.4, 0.5) is 4.79 Å². The van der Waals surface area contributed by atoms with E-state index >= 15 is 0 Å². The number of carboxylic acid groups (broad SMARTS) is 1. The first-order valence-electron chi connectivity index (χ1n) is 7.25. The minimum atomic E-state index is -1.04. The van der Waals surface area contributed by atoms with Crippen molar-refractivity contribution in [2.24, 2.45) is 0 Å². The van der Waals surface area contributed by atoms with Gasteiger partial charge in [-0.25, -0.2) is 9.59 Å². The highest BCUT2D eigenvalue weighted by Gasteiger charge is 2.25. The zero-order chi connectivity index (χ0) is 15.9. The van der Waals surface area contributed by atoms with E-state index in [2.05, 4.69) is 10.6 Å². The molecule has 21 heavy (non-hydrogen) atoms. The molecule has 0 aliphatic heterocycles. The number of benzene rings is 1. The Morgan fingerprint density at radius 2 is 1.76 bits per heavy atom. The molecule has 3 N–H and O–H groups in total. The molecule has 5 nitrogen and oxygen atoms in total. The third-order valence-corrected chi connectivity index (χ3v) is 3.86. The van der Waals surface area contributed by atoms with E-state index < -0.39 is 18.0 Å². The number of carbonyl (C=O) groups excluding carboxylic acids is 1. The topological polar surface area (TPSA) is 78.4 Å². The molecule has 116 valence electrons. The molecule has 0 saturated carbocycles. The highest BCUT2D eigenvalue weighted by atomic mass is 16.4. The molecule has 0 heterocycles. The van der Waals surface area contributed by atoms with Crippen molar-refractivity contribution in [3.05, 3.63) is 35.9 Å². The van der Waals surface area contributed by atoms with Crippen LogP contribution in [0.2, 0.25) is 0 Å². The monoisotopic (exact) mass is 292 g/mol. The molecule has 0 bridgehead atoms. The number of rotatable bonds is 7. The van der Waals surface area contributed by atoms with Crippen molar-refractivity contribution < 1.29 is 14.7 Å². The summed E-state index contributed by atoms with van der Waals surface area (Å²) in [6.45, 7) is 5.92. The molecule has 1 aromatic carbocycles. The molecule has 5 heteroatoms. The molecule has 0 unspecified atom stereocenters. The van der Waals surface area contributed by atoms with Gasteiger partial charge >= 0.3 is 12.0 Å². The normalized spacial score (nSPS) is 12.5. The molecule has 0 radical (unpaired) electrons. The van der Waals surface area contributed by atoms with Crippen molar-refractivity contribution in [3.8, 4) is 0 Å². The molecular formula is C16H24N2O3. The zero-order valence-electron chi connectivity index (χ0n) is 12.8. The van der Waals surface area contributed by atoms with Gasteiger partial charge in [-0.1, -0.05) is 44.2 Å². The van der Waals surface area contributed by atoms with Crippen LogP contribution in [-0.4, -0.2) is 28.7 Å². The van der Waals surface area contributed by atoms with E-state index in [1.807, 2.05) is 51.1 Å². The van der Waals surface area contributed by atoms with E-state index in [1.54, 1.807) is 0 Å². The maximum absolute atomic E-state index is 12.0. The van der Waals surface area contributed by atoms with Gasteiger partial charge in [0.25, 0.3) is 0 Å². The maximum atomic E-state index is 12.0. The predicted molar refractivity (Wildman–Crippen MR) is 82.2 cm³/mol. The van der Waals surface area contributed by atoms with E-state index in [-0.39, 0.29) is 12.0 Å². The molecule has 0 aliphatic carbocycles. The molecule has 1 aromatic rings. The van der Waals surface area contributed by atoms with Gasteiger partial charge < -0.3 is 15.7 Å². The molecule has 0 fully saturated rings. The summed E-state index contributed by atoms with van der Waals surface area (Å²) < 4.78 is 0. The number of aliphatic carboxylic acids is 1. The van der Waals surface area contributed by atoms with Crippen molar-refractivity contribution in [1.82, 2.24) is 10.6 Å². The lowest BCUT2D eigenvalue weighted by molar-refractivity contribution is -0.139. The first-order chi connectivity index (χ1) is 9.90. The summed E-state index contributed by atoms with van der Waals surface area (Å²) >= 11 is 0. The van der Waals surface area contributed by atoms with Crippen LogP contribution in [0.3, 0.4) is 0 Å². The predicted octanol–water partition coefficient (Wildman–Crippen LogP) is 2.56. The van der Waals surface area contributed by atoms with Crippen LogP contribution in [0.15, 0.2) is 30.3 Å². The van der Waals surface area contributed by atoms with E-state index in [0.29, 0.717) is 0 Å². The van der Waals surface area contributed by atoms with Crippen LogP contribution in [-0.2, 0) is 11.2 Å². The standard InChI is InChI=1S/C16H24N2O3/c1-4-16(3,5-2)18-15(21)17-13(14(19)20)11-12-9-7-6-8-10-12/h6-10,13H,4-5,11H2,1-3H3,(H,19,20)(H2,17,18,21)/t13-/m0/s1. The Labute approximate surface area is 125 Å². The van der Waals surface area contributed by atoms with E-state index in [0.717, 1.165) is 18.4 Å². The SMILES string of the molecule is CCC(C)(CC)NC(=O)N[C@@H](Cc1ccccc1)C(=O)O. The Hall–Kier alpha value is -2.04. The highest BCUT2D eigenvalue weighted by molar-refractivity contribution is 5.83. The van der Waals surface area contributed by atoms with Crippen molar-refractivity contribution in [3.63, 3.8) is 0 Å². The number of urea groups is 1. The van der Waals surface area contributed by atoms with Gasteiger partial charge in [0, 0.05) is 12.0 Å². The number of carbonyl (C=O) groups is 2. The van der Waals surface area contributed by atoms with E-state index in [9.17, 15) is 14.7 Å². The van der Waals surface area contributed by atoms with E-state index in [1.165, 1.54) is 0 Å². The second-order valence-corrected chi connectivity index (χ2v) is 5.45. The largest absolute Gasteiger partial charge is 0.480 e. The molecular weight excluding hydrogens is 268 g/mol. The Morgan fingerprint density at radius 1 is 1.19 bits per heavy atom. The summed E-state index contributed by atoms with van der Waals surface area (Å²) in [6, 6.07) is 7.87. The van der Waals surface area contributed by atoms with Gasteiger partial charge in [-0.2, -0.15) is 0 Å².